The standard InChI is InChI=1S/C13H12N4O/c1-9-12(8-17(2)16-9)15-13(18)11-6-4-3-5-10(11)7-14/h3-6,8H,1-2H3,(H,15,18). The smallest absolute Gasteiger partial charge is 0.257 e. The summed E-state index contributed by atoms with van der Waals surface area (Å²) in [6.45, 7) is 1.81. The summed E-state index contributed by atoms with van der Waals surface area (Å²) in [5, 5.41) is 15.8. The maximum absolute atomic E-state index is 12.1. The Labute approximate surface area is 105 Å². The molecule has 1 aromatic carbocycles. The number of carbonyl (C=O) groups is 1. The molecule has 2 rings (SSSR count). The Kier molecular flexibility index (Phi) is 3.11. The fraction of sp³-hybridized carbons (Fsp3) is 0.154. The minimum absolute atomic E-state index is 0.303. The largest absolute Gasteiger partial charge is 0.319 e. The molecule has 1 amide bonds. The number of amides is 1. The van der Waals surface area contributed by atoms with Crippen molar-refractivity contribution in [2.24, 2.45) is 7.05 Å². The second-order valence-corrected chi connectivity index (χ2v) is 3.91. The molecule has 0 fully saturated rings. The summed E-state index contributed by atoms with van der Waals surface area (Å²) in [6.07, 6.45) is 1.72. The Morgan fingerprint density at radius 3 is 2.78 bits per heavy atom. The van der Waals surface area contributed by atoms with Crippen LogP contribution in [0.25, 0.3) is 0 Å². The molecule has 0 spiro atoms. The molecule has 0 saturated carbocycles. The topological polar surface area (TPSA) is 70.7 Å². The van der Waals surface area contributed by atoms with Crippen molar-refractivity contribution < 1.29 is 4.79 Å². The van der Waals surface area contributed by atoms with Crippen LogP contribution in [0.3, 0.4) is 0 Å². The van der Waals surface area contributed by atoms with Gasteiger partial charge < -0.3 is 5.32 Å². The maximum Gasteiger partial charge on any atom is 0.257 e. The monoisotopic (exact) mass is 240 g/mol. The first-order valence-corrected chi connectivity index (χ1v) is 5.42. The van der Waals surface area contributed by atoms with Gasteiger partial charge in [-0.15, -0.1) is 0 Å². The first-order valence-electron chi connectivity index (χ1n) is 5.42. The molecule has 0 aliphatic rings. The molecular formula is C13H12N4O. The van der Waals surface area contributed by atoms with Crippen LogP contribution in [0.1, 0.15) is 21.6 Å². The zero-order chi connectivity index (χ0) is 13.1. The molecule has 2 aromatic rings. The van der Waals surface area contributed by atoms with Gasteiger partial charge in [-0.25, -0.2) is 0 Å². The molecule has 18 heavy (non-hydrogen) atoms. The van der Waals surface area contributed by atoms with E-state index in [1.807, 2.05) is 13.0 Å². The average Bonchev–Trinajstić information content (AvgIpc) is 2.67. The molecule has 1 heterocycles. The molecule has 90 valence electrons. The van der Waals surface area contributed by atoms with E-state index in [0.717, 1.165) is 5.69 Å². The lowest BCUT2D eigenvalue weighted by Gasteiger charge is -2.04. The van der Waals surface area contributed by atoms with E-state index in [0.29, 0.717) is 16.8 Å². The molecule has 1 N–H and O–H groups in total. The van der Waals surface area contributed by atoms with Crippen molar-refractivity contribution in [1.29, 1.82) is 5.26 Å². The van der Waals surface area contributed by atoms with Gasteiger partial charge in [0.1, 0.15) is 0 Å². The quantitative estimate of drug-likeness (QED) is 0.870. The van der Waals surface area contributed by atoms with E-state index in [9.17, 15) is 4.79 Å². The van der Waals surface area contributed by atoms with Crippen LogP contribution in [0.2, 0.25) is 0 Å². The summed E-state index contributed by atoms with van der Waals surface area (Å²) in [7, 11) is 1.78. The van der Waals surface area contributed by atoms with Crippen molar-refractivity contribution in [2.45, 2.75) is 6.92 Å². The number of nitriles is 1. The van der Waals surface area contributed by atoms with E-state index in [-0.39, 0.29) is 5.91 Å². The first-order chi connectivity index (χ1) is 8.61. The van der Waals surface area contributed by atoms with Crippen molar-refractivity contribution in [3.05, 3.63) is 47.3 Å². The van der Waals surface area contributed by atoms with Crippen molar-refractivity contribution in [3.8, 4) is 6.07 Å². The number of aryl methyl sites for hydroxylation is 2. The van der Waals surface area contributed by atoms with E-state index in [1.54, 1.807) is 42.2 Å². The Morgan fingerprint density at radius 1 is 1.44 bits per heavy atom. The van der Waals surface area contributed by atoms with E-state index in [4.69, 9.17) is 5.26 Å². The number of benzene rings is 1. The Bertz CT molecular complexity index is 637. The molecule has 0 atom stereocenters. The molecular weight excluding hydrogens is 228 g/mol. The Morgan fingerprint density at radius 2 is 2.17 bits per heavy atom. The summed E-state index contributed by atoms with van der Waals surface area (Å²) < 4.78 is 1.63. The summed E-state index contributed by atoms with van der Waals surface area (Å²) in [4.78, 5) is 12.1. The van der Waals surface area contributed by atoms with Crippen molar-refractivity contribution >= 4 is 11.6 Å². The number of hydrogen-bond donors (Lipinski definition) is 1. The average molecular weight is 240 g/mol. The molecule has 0 saturated heterocycles. The van der Waals surface area contributed by atoms with Crippen LogP contribution in [-0.2, 0) is 7.05 Å². The normalized spacial score (nSPS) is 9.83. The highest BCUT2D eigenvalue weighted by atomic mass is 16.1. The predicted molar refractivity (Wildman–Crippen MR) is 67.1 cm³/mol. The SMILES string of the molecule is Cc1nn(C)cc1NC(=O)c1ccccc1C#N. The van der Waals surface area contributed by atoms with E-state index >= 15 is 0 Å². The zero-order valence-corrected chi connectivity index (χ0v) is 10.1. The predicted octanol–water partition coefficient (Wildman–Crippen LogP) is 1.85. The number of hydrogen-bond acceptors (Lipinski definition) is 3. The Balaban J connectivity index is 2.28. The van der Waals surface area contributed by atoms with Crippen LogP contribution in [-0.4, -0.2) is 15.7 Å². The maximum atomic E-state index is 12.1. The fourth-order valence-corrected chi connectivity index (χ4v) is 1.69. The molecule has 5 heteroatoms. The number of nitrogens with one attached hydrogen (secondary N) is 1. The number of rotatable bonds is 2. The molecule has 5 nitrogen and oxygen atoms in total. The van der Waals surface area contributed by atoms with Gasteiger partial charge in [0.25, 0.3) is 5.91 Å². The highest BCUT2D eigenvalue weighted by Crippen LogP contribution is 2.15. The summed E-state index contributed by atoms with van der Waals surface area (Å²) >= 11 is 0. The zero-order valence-electron chi connectivity index (χ0n) is 10.1. The van der Waals surface area contributed by atoms with Crippen LogP contribution in [0.4, 0.5) is 5.69 Å². The number of nitrogens with zero attached hydrogens (tertiary/aromatic N) is 3. The molecule has 1 aromatic heterocycles. The highest BCUT2D eigenvalue weighted by molar-refractivity contribution is 6.06. The van der Waals surface area contributed by atoms with Crippen molar-refractivity contribution in [2.75, 3.05) is 5.32 Å². The van der Waals surface area contributed by atoms with E-state index < -0.39 is 0 Å². The lowest BCUT2D eigenvalue weighted by Crippen LogP contribution is -2.13. The fourth-order valence-electron chi connectivity index (χ4n) is 1.69. The van der Waals surface area contributed by atoms with Gasteiger partial charge in [-0.05, 0) is 19.1 Å². The van der Waals surface area contributed by atoms with Crippen LogP contribution in [0.15, 0.2) is 30.5 Å². The summed E-state index contributed by atoms with van der Waals surface area (Å²) in [5.41, 5.74) is 2.11. The van der Waals surface area contributed by atoms with Gasteiger partial charge in [0.05, 0.1) is 28.6 Å². The van der Waals surface area contributed by atoms with Crippen LogP contribution >= 0.6 is 0 Å². The van der Waals surface area contributed by atoms with Gasteiger partial charge in [-0.3, -0.25) is 9.48 Å². The van der Waals surface area contributed by atoms with Gasteiger partial charge in [0, 0.05) is 13.2 Å². The van der Waals surface area contributed by atoms with Crippen molar-refractivity contribution in [3.63, 3.8) is 0 Å². The van der Waals surface area contributed by atoms with Gasteiger partial charge in [-0.2, -0.15) is 10.4 Å². The molecule has 0 aliphatic heterocycles. The molecule has 0 radical (unpaired) electrons. The van der Waals surface area contributed by atoms with Crippen molar-refractivity contribution in [1.82, 2.24) is 9.78 Å². The lowest BCUT2D eigenvalue weighted by molar-refractivity contribution is 0.102. The van der Waals surface area contributed by atoms with Gasteiger partial charge in [-0.1, -0.05) is 12.1 Å². The minimum atomic E-state index is -0.303. The van der Waals surface area contributed by atoms with Crippen LogP contribution in [0.5, 0.6) is 0 Å². The molecule has 0 unspecified atom stereocenters. The lowest BCUT2D eigenvalue weighted by atomic mass is 10.1. The third-order valence-corrected chi connectivity index (χ3v) is 2.55. The highest BCUT2D eigenvalue weighted by Gasteiger charge is 2.13. The van der Waals surface area contributed by atoms with Gasteiger partial charge in [0.15, 0.2) is 0 Å². The van der Waals surface area contributed by atoms with E-state index in [1.165, 1.54) is 0 Å². The first kappa shape index (κ1) is 11.9. The summed E-state index contributed by atoms with van der Waals surface area (Å²) in [6, 6.07) is 8.70. The van der Waals surface area contributed by atoms with Crippen LogP contribution < -0.4 is 5.32 Å². The van der Waals surface area contributed by atoms with E-state index in [2.05, 4.69) is 10.4 Å². The van der Waals surface area contributed by atoms with Gasteiger partial charge in [0.2, 0.25) is 0 Å². The second-order valence-electron chi connectivity index (χ2n) is 3.91. The summed E-state index contributed by atoms with van der Waals surface area (Å²) in [5.74, 6) is -0.303. The third-order valence-electron chi connectivity index (χ3n) is 2.55. The number of anilines is 1. The van der Waals surface area contributed by atoms with Crippen LogP contribution in [0, 0.1) is 18.3 Å². The minimum Gasteiger partial charge on any atom is -0.319 e. The van der Waals surface area contributed by atoms with Gasteiger partial charge >= 0.3 is 0 Å². The number of carbonyl (C=O) groups excluding carboxylic acids is 1. The Hall–Kier alpha value is -2.61. The molecule has 0 aliphatic carbocycles. The second kappa shape index (κ2) is 4.72. The molecule has 0 bridgehead atoms. The number of aromatic nitrogens is 2. The third kappa shape index (κ3) is 2.23.